The number of hydrogen-bond donors (Lipinski definition) is 2. The Morgan fingerprint density at radius 2 is 1.40 bits per heavy atom. The summed E-state index contributed by atoms with van der Waals surface area (Å²) in [4.78, 5) is 30.8. The first kappa shape index (κ1) is 22.4. The van der Waals surface area contributed by atoms with Crippen LogP contribution in [0, 0.1) is 0 Å². The first-order chi connectivity index (χ1) is 17.1. The van der Waals surface area contributed by atoms with Crippen molar-refractivity contribution in [1.29, 1.82) is 0 Å². The third-order valence-electron chi connectivity index (χ3n) is 6.98. The molecule has 5 heterocycles. The molecule has 4 saturated heterocycles. The number of amides is 1. The lowest BCUT2D eigenvalue weighted by Crippen LogP contribution is -2.45. The molecule has 1 aromatic carbocycles. The fourth-order valence-electron chi connectivity index (χ4n) is 5.32. The first-order valence-corrected chi connectivity index (χ1v) is 12.3. The Bertz CT molecular complexity index is 997. The summed E-state index contributed by atoms with van der Waals surface area (Å²) in [6.07, 6.45) is 4.62. The normalized spacial score (nSPS) is 27.2. The molecule has 2 aromatic rings. The zero-order chi connectivity index (χ0) is 23.8. The van der Waals surface area contributed by atoms with Crippen molar-refractivity contribution in [3.05, 3.63) is 24.3 Å². The number of aromatic nitrogens is 3. The van der Waals surface area contributed by atoms with Gasteiger partial charge in [0, 0.05) is 37.4 Å². The van der Waals surface area contributed by atoms with E-state index in [2.05, 4.69) is 15.1 Å². The number of aliphatic hydroxyl groups is 1. The van der Waals surface area contributed by atoms with Crippen LogP contribution < -0.4 is 15.1 Å². The Balaban J connectivity index is 1.28. The Morgan fingerprint density at radius 3 is 1.89 bits per heavy atom. The van der Waals surface area contributed by atoms with E-state index in [9.17, 15) is 4.79 Å². The van der Waals surface area contributed by atoms with Gasteiger partial charge in [0.05, 0.1) is 31.0 Å². The number of morpholine rings is 2. The highest BCUT2D eigenvalue weighted by molar-refractivity contribution is 5.85. The molecule has 11 nitrogen and oxygen atoms in total. The third kappa shape index (κ3) is 4.89. The second kappa shape index (κ2) is 9.56. The minimum absolute atomic E-state index is 0.0488. The average molecular weight is 483 g/mol. The van der Waals surface area contributed by atoms with Crippen LogP contribution >= 0.6 is 0 Å². The fraction of sp³-hybridized carbons (Fsp3) is 0.583. The second-order valence-electron chi connectivity index (χ2n) is 9.55. The predicted molar refractivity (Wildman–Crippen MR) is 128 cm³/mol. The highest BCUT2D eigenvalue weighted by atomic mass is 16.6. The van der Waals surface area contributed by atoms with Gasteiger partial charge in [0.15, 0.2) is 5.82 Å². The van der Waals surface area contributed by atoms with Crippen LogP contribution in [-0.2, 0) is 14.2 Å². The molecular weight excluding hydrogens is 452 g/mol. The number of nitrogens with zero attached hydrogens (tertiary/aromatic N) is 5. The van der Waals surface area contributed by atoms with Gasteiger partial charge in [-0.1, -0.05) is 0 Å². The van der Waals surface area contributed by atoms with Crippen LogP contribution in [0.3, 0.4) is 0 Å². The Hall–Kier alpha value is -3.02. The van der Waals surface area contributed by atoms with Gasteiger partial charge in [-0.05, 0) is 49.9 Å². The highest BCUT2D eigenvalue weighted by Gasteiger charge is 2.37. The Labute approximate surface area is 203 Å². The maximum Gasteiger partial charge on any atom is 0.411 e. The van der Waals surface area contributed by atoms with E-state index in [0.29, 0.717) is 23.4 Å². The molecule has 2 N–H and O–H groups in total. The Morgan fingerprint density at radius 1 is 0.886 bits per heavy atom. The molecule has 0 saturated carbocycles. The minimum Gasteiger partial charge on any atom is -0.447 e. The molecule has 1 amide bonds. The molecule has 4 atom stereocenters. The van der Waals surface area contributed by atoms with Crippen molar-refractivity contribution < 1.29 is 24.1 Å². The number of hydrogen-bond acceptors (Lipinski definition) is 10. The molecule has 1 aromatic heterocycles. The first-order valence-electron chi connectivity index (χ1n) is 12.3. The van der Waals surface area contributed by atoms with Crippen molar-refractivity contribution in [1.82, 2.24) is 15.0 Å². The molecule has 0 spiro atoms. The SMILES string of the molecule is O=C(Nc1ccc(-c2nc(N3CC4CCC(C3)O4)nc(N3CC4CCC(C3)O4)n2)cc1)OCCO. The number of carbonyl (C=O) groups is 1. The van der Waals surface area contributed by atoms with Gasteiger partial charge in [0.25, 0.3) is 0 Å². The van der Waals surface area contributed by atoms with Crippen LogP contribution in [-0.4, -0.2) is 90.0 Å². The topological polar surface area (TPSA) is 122 Å². The molecule has 35 heavy (non-hydrogen) atoms. The van der Waals surface area contributed by atoms with Crippen molar-refractivity contribution in [3.8, 4) is 11.4 Å². The monoisotopic (exact) mass is 482 g/mol. The van der Waals surface area contributed by atoms with E-state index in [4.69, 9.17) is 34.3 Å². The number of carbonyl (C=O) groups excluding carboxylic acids is 1. The zero-order valence-electron chi connectivity index (χ0n) is 19.5. The van der Waals surface area contributed by atoms with Gasteiger partial charge in [0.1, 0.15) is 6.61 Å². The summed E-state index contributed by atoms with van der Waals surface area (Å²) in [7, 11) is 0. The van der Waals surface area contributed by atoms with Crippen molar-refractivity contribution in [2.45, 2.75) is 50.1 Å². The highest BCUT2D eigenvalue weighted by Crippen LogP contribution is 2.32. The van der Waals surface area contributed by atoms with Crippen LogP contribution in [0.4, 0.5) is 22.4 Å². The molecule has 0 radical (unpaired) electrons. The summed E-state index contributed by atoms with van der Waals surface area (Å²) in [5, 5.41) is 11.4. The summed E-state index contributed by atoms with van der Waals surface area (Å²) in [6, 6.07) is 7.30. The standard InChI is InChI=1S/C24H30N6O5/c31-9-10-33-24(32)25-16-3-1-15(2-4-16)21-26-22(29-11-17-5-6-18(12-29)34-17)28-23(27-21)30-13-19-7-8-20(14-30)35-19/h1-4,17-20,31H,5-14H2,(H,25,32). The van der Waals surface area contributed by atoms with Crippen molar-refractivity contribution in [3.63, 3.8) is 0 Å². The maximum atomic E-state index is 11.8. The van der Waals surface area contributed by atoms with Gasteiger partial charge >= 0.3 is 6.09 Å². The summed E-state index contributed by atoms with van der Waals surface area (Å²) in [5.41, 5.74) is 1.41. The number of benzene rings is 1. The van der Waals surface area contributed by atoms with Gasteiger partial charge in [0.2, 0.25) is 11.9 Å². The number of fused-ring (bicyclic) bond motifs is 4. The van der Waals surface area contributed by atoms with Crippen molar-refractivity contribution >= 4 is 23.7 Å². The summed E-state index contributed by atoms with van der Waals surface area (Å²) < 4.78 is 16.9. The average Bonchev–Trinajstić information content (AvgIpc) is 3.41. The van der Waals surface area contributed by atoms with Crippen LogP contribution in [0.5, 0.6) is 0 Å². The third-order valence-corrected chi connectivity index (χ3v) is 6.98. The van der Waals surface area contributed by atoms with Gasteiger partial charge in [-0.2, -0.15) is 15.0 Å². The molecule has 4 aliphatic rings. The van der Waals surface area contributed by atoms with E-state index in [0.717, 1.165) is 57.4 Å². The molecule has 6 rings (SSSR count). The quantitative estimate of drug-likeness (QED) is 0.630. The van der Waals surface area contributed by atoms with Crippen molar-refractivity contribution in [2.75, 3.05) is 54.5 Å². The molecule has 4 bridgehead atoms. The fourth-order valence-corrected chi connectivity index (χ4v) is 5.32. The summed E-state index contributed by atoms with van der Waals surface area (Å²) in [5.74, 6) is 1.95. The van der Waals surface area contributed by atoms with Crippen LogP contribution in [0.2, 0.25) is 0 Å². The number of aliphatic hydroxyl groups excluding tert-OH is 1. The predicted octanol–water partition coefficient (Wildman–Crippen LogP) is 1.81. The van der Waals surface area contributed by atoms with Gasteiger partial charge in [-0.3, -0.25) is 5.32 Å². The van der Waals surface area contributed by atoms with E-state index in [1.54, 1.807) is 12.1 Å². The molecule has 4 unspecified atom stereocenters. The summed E-state index contributed by atoms with van der Waals surface area (Å²) >= 11 is 0. The van der Waals surface area contributed by atoms with Crippen LogP contribution in [0.25, 0.3) is 11.4 Å². The molecule has 11 heteroatoms. The molecule has 4 aliphatic heterocycles. The Kier molecular flexibility index (Phi) is 6.13. The lowest BCUT2D eigenvalue weighted by molar-refractivity contribution is 0.0293. The smallest absolute Gasteiger partial charge is 0.411 e. The van der Waals surface area contributed by atoms with Gasteiger partial charge < -0.3 is 29.1 Å². The molecule has 186 valence electrons. The molecular formula is C24H30N6O5. The van der Waals surface area contributed by atoms with Crippen molar-refractivity contribution in [2.24, 2.45) is 0 Å². The zero-order valence-corrected chi connectivity index (χ0v) is 19.5. The molecule has 0 aliphatic carbocycles. The summed E-state index contributed by atoms with van der Waals surface area (Å²) in [6.45, 7) is 2.87. The van der Waals surface area contributed by atoms with E-state index < -0.39 is 6.09 Å². The van der Waals surface area contributed by atoms with E-state index in [1.165, 1.54) is 0 Å². The minimum atomic E-state index is -0.611. The van der Waals surface area contributed by atoms with Gasteiger partial charge in [-0.15, -0.1) is 0 Å². The largest absolute Gasteiger partial charge is 0.447 e. The lowest BCUT2D eigenvalue weighted by Gasteiger charge is -2.34. The van der Waals surface area contributed by atoms with Crippen LogP contribution in [0.1, 0.15) is 25.7 Å². The van der Waals surface area contributed by atoms with E-state index in [-0.39, 0.29) is 37.6 Å². The van der Waals surface area contributed by atoms with E-state index in [1.807, 2.05) is 12.1 Å². The second-order valence-corrected chi connectivity index (χ2v) is 9.55. The van der Waals surface area contributed by atoms with Gasteiger partial charge in [-0.25, -0.2) is 4.79 Å². The number of anilines is 3. The number of nitrogens with one attached hydrogen (secondary N) is 1. The van der Waals surface area contributed by atoms with Crippen LogP contribution in [0.15, 0.2) is 24.3 Å². The van der Waals surface area contributed by atoms with E-state index >= 15 is 0 Å². The molecule has 4 fully saturated rings. The number of ether oxygens (including phenoxy) is 3. The maximum absolute atomic E-state index is 11.8. The number of rotatable bonds is 6. The lowest BCUT2D eigenvalue weighted by atomic mass is 10.2.